The molecule has 0 radical (unpaired) electrons. The summed E-state index contributed by atoms with van der Waals surface area (Å²) >= 11 is 0. The molecule has 0 spiro atoms. The second kappa shape index (κ2) is 9.33. The Bertz CT molecular complexity index is 1030. The van der Waals surface area contributed by atoms with Gasteiger partial charge in [0.15, 0.2) is 5.75 Å². The maximum Gasteiger partial charge on any atom is 0.243 e. The van der Waals surface area contributed by atoms with Crippen molar-refractivity contribution in [3.63, 3.8) is 0 Å². The lowest BCUT2D eigenvalue weighted by Crippen LogP contribution is -2.40. The van der Waals surface area contributed by atoms with E-state index >= 15 is 0 Å². The third-order valence-electron chi connectivity index (χ3n) is 4.57. The molecule has 1 saturated heterocycles. The molecular weight excluding hydrogens is 423 g/mol. The summed E-state index contributed by atoms with van der Waals surface area (Å²) < 4.78 is 51.7. The van der Waals surface area contributed by atoms with Crippen LogP contribution in [0.1, 0.15) is 27.2 Å². The largest absolute Gasteiger partial charge is 0.455 e. The summed E-state index contributed by atoms with van der Waals surface area (Å²) in [5.41, 5.74) is -0.0209. The number of halogens is 1. The predicted molar refractivity (Wildman–Crippen MR) is 115 cm³/mol. The van der Waals surface area contributed by atoms with E-state index < -0.39 is 15.8 Å². The molecule has 0 atom stereocenters. The Balaban J connectivity index is 1.94. The third-order valence-corrected chi connectivity index (χ3v) is 6.46. The smallest absolute Gasteiger partial charge is 0.243 e. The van der Waals surface area contributed by atoms with Crippen molar-refractivity contribution >= 4 is 21.6 Å². The van der Waals surface area contributed by atoms with Crippen LogP contribution in [0.3, 0.4) is 0 Å². The number of benzene rings is 2. The van der Waals surface area contributed by atoms with E-state index in [4.69, 9.17) is 9.47 Å². The van der Waals surface area contributed by atoms with Gasteiger partial charge < -0.3 is 14.8 Å². The lowest BCUT2D eigenvalue weighted by molar-refractivity contribution is -0.117. The molecule has 31 heavy (non-hydrogen) atoms. The van der Waals surface area contributed by atoms with E-state index in [0.29, 0.717) is 19.0 Å². The number of nitrogens with zero attached hydrogens (tertiary/aromatic N) is 1. The quantitative estimate of drug-likeness (QED) is 0.719. The van der Waals surface area contributed by atoms with Gasteiger partial charge in [-0.15, -0.1) is 0 Å². The average molecular weight is 451 g/mol. The Labute approximate surface area is 182 Å². The van der Waals surface area contributed by atoms with Crippen molar-refractivity contribution in [3.05, 3.63) is 48.3 Å². The van der Waals surface area contributed by atoms with Crippen LogP contribution in [0.15, 0.2) is 47.4 Å². The zero-order valence-corrected chi connectivity index (χ0v) is 18.7. The minimum Gasteiger partial charge on any atom is -0.455 e. The summed E-state index contributed by atoms with van der Waals surface area (Å²) in [6.45, 7) is 7.00. The number of rotatable bonds is 6. The van der Waals surface area contributed by atoms with Gasteiger partial charge in [0.25, 0.3) is 0 Å². The minimum atomic E-state index is -3.75. The van der Waals surface area contributed by atoms with Crippen LogP contribution in [0, 0.1) is 11.2 Å². The second-order valence-electron chi connectivity index (χ2n) is 8.52. The van der Waals surface area contributed by atoms with Crippen LogP contribution in [0.4, 0.5) is 10.1 Å². The standard InChI is InChI=1S/C22H27FN2O5S/c1-22(2,3)15-21(26)24-19-14-18(31(27,28)25-10-12-29-13-11-25)8-9-20(19)30-17-6-4-16(23)5-7-17/h4-9,14H,10-13,15H2,1-3H3,(H,24,26). The van der Waals surface area contributed by atoms with Gasteiger partial charge in [0.05, 0.1) is 23.8 Å². The minimum absolute atomic E-state index is 0.0481. The van der Waals surface area contributed by atoms with Gasteiger partial charge in [0.2, 0.25) is 15.9 Å². The monoisotopic (exact) mass is 450 g/mol. The first-order valence-corrected chi connectivity index (χ1v) is 11.4. The zero-order chi connectivity index (χ0) is 22.6. The number of hydrogen-bond acceptors (Lipinski definition) is 5. The Hall–Kier alpha value is -2.49. The van der Waals surface area contributed by atoms with E-state index in [1.807, 2.05) is 20.8 Å². The number of carbonyl (C=O) groups is 1. The van der Waals surface area contributed by atoms with Crippen LogP contribution < -0.4 is 10.1 Å². The van der Waals surface area contributed by atoms with Crippen molar-refractivity contribution in [1.82, 2.24) is 4.31 Å². The molecular formula is C22H27FN2O5S. The number of amides is 1. The zero-order valence-electron chi connectivity index (χ0n) is 17.9. The highest BCUT2D eigenvalue weighted by Crippen LogP contribution is 2.33. The number of carbonyl (C=O) groups excluding carboxylic acids is 1. The van der Waals surface area contributed by atoms with Gasteiger partial charge in [0, 0.05) is 19.5 Å². The molecule has 1 aliphatic heterocycles. The molecule has 0 bridgehead atoms. The normalized spacial score (nSPS) is 15.5. The van der Waals surface area contributed by atoms with Crippen molar-refractivity contribution in [2.45, 2.75) is 32.1 Å². The lowest BCUT2D eigenvalue weighted by Gasteiger charge is -2.26. The molecule has 1 amide bonds. The predicted octanol–water partition coefficient (Wildman–Crippen LogP) is 4.01. The molecule has 0 aliphatic carbocycles. The van der Waals surface area contributed by atoms with Crippen LogP contribution in [0.25, 0.3) is 0 Å². The topological polar surface area (TPSA) is 84.9 Å². The summed E-state index contributed by atoms with van der Waals surface area (Å²) in [7, 11) is -3.75. The lowest BCUT2D eigenvalue weighted by atomic mass is 9.92. The molecule has 9 heteroatoms. The first-order chi connectivity index (χ1) is 14.5. The van der Waals surface area contributed by atoms with Gasteiger partial charge >= 0.3 is 0 Å². The number of nitrogens with one attached hydrogen (secondary N) is 1. The van der Waals surface area contributed by atoms with Gasteiger partial charge in [-0.05, 0) is 47.9 Å². The number of sulfonamides is 1. The summed E-state index contributed by atoms with van der Waals surface area (Å²) in [6, 6.07) is 9.73. The Morgan fingerprint density at radius 3 is 2.39 bits per heavy atom. The molecule has 7 nitrogen and oxygen atoms in total. The molecule has 0 saturated carbocycles. The summed E-state index contributed by atoms with van der Waals surface area (Å²) in [4.78, 5) is 12.6. The molecule has 2 aromatic carbocycles. The molecule has 0 unspecified atom stereocenters. The SMILES string of the molecule is CC(C)(C)CC(=O)Nc1cc(S(=O)(=O)N2CCOCC2)ccc1Oc1ccc(F)cc1. The fraction of sp³-hybridized carbons (Fsp3) is 0.409. The summed E-state index contributed by atoms with van der Waals surface area (Å²) in [5.74, 6) is -0.0540. The Morgan fingerprint density at radius 1 is 1.13 bits per heavy atom. The average Bonchev–Trinajstić information content (AvgIpc) is 2.70. The van der Waals surface area contributed by atoms with E-state index in [9.17, 15) is 17.6 Å². The van der Waals surface area contributed by atoms with Crippen molar-refractivity contribution < 1.29 is 27.1 Å². The molecule has 1 fully saturated rings. The van der Waals surface area contributed by atoms with E-state index in [1.54, 1.807) is 0 Å². The van der Waals surface area contributed by atoms with E-state index in [1.165, 1.54) is 46.8 Å². The van der Waals surface area contributed by atoms with Gasteiger partial charge in [-0.1, -0.05) is 20.8 Å². The number of anilines is 1. The van der Waals surface area contributed by atoms with Gasteiger partial charge in [0.1, 0.15) is 11.6 Å². The van der Waals surface area contributed by atoms with Crippen LogP contribution >= 0.6 is 0 Å². The molecule has 3 rings (SSSR count). The first kappa shape index (κ1) is 23.2. The van der Waals surface area contributed by atoms with Crippen molar-refractivity contribution in [2.75, 3.05) is 31.6 Å². The third kappa shape index (κ3) is 6.25. The Morgan fingerprint density at radius 2 is 1.77 bits per heavy atom. The van der Waals surface area contributed by atoms with Gasteiger partial charge in [-0.25, -0.2) is 12.8 Å². The molecule has 2 aromatic rings. The number of morpholine rings is 1. The Kier molecular flexibility index (Phi) is 6.98. The van der Waals surface area contributed by atoms with E-state index in [2.05, 4.69) is 5.32 Å². The highest BCUT2D eigenvalue weighted by Gasteiger charge is 2.27. The number of hydrogen-bond donors (Lipinski definition) is 1. The number of ether oxygens (including phenoxy) is 2. The van der Waals surface area contributed by atoms with Crippen molar-refractivity contribution in [1.29, 1.82) is 0 Å². The first-order valence-electron chi connectivity index (χ1n) is 10.00. The molecule has 1 heterocycles. The second-order valence-corrected chi connectivity index (χ2v) is 10.5. The highest BCUT2D eigenvalue weighted by atomic mass is 32.2. The highest BCUT2D eigenvalue weighted by molar-refractivity contribution is 7.89. The van der Waals surface area contributed by atoms with Gasteiger partial charge in [-0.2, -0.15) is 4.31 Å². The molecule has 1 N–H and O–H groups in total. The van der Waals surface area contributed by atoms with Crippen molar-refractivity contribution in [2.24, 2.45) is 5.41 Å². The molecule has 1 aliphatic rings. The van der Waals surface area contributed by atoms with E-state index in [-0.39, 0.29) is 47.2 Å². The van der Waals surface area contributed by atoms with E-state index in [0.717, 1.165) is 0 Å². The van der Waals surface area contributed by atoms with Crippen LogP contribution in [-0.2, 0) is 19.6 Å². The van der Waals surface area contributed by atoms with Crippen LogP contribution in [-0.4, -0.2) is 44.9 Å². The fourth-order valence-electron chi connectivity index (χ4n) is 3.10. The molecule has 168 valence electrons. The maximum atomic E-state index is 13.2. The summed E-state index contributed by atoms with van der Waals surface area (Å²) in [6.07, 6.45) is 0.240. The maximum absolute atomic E-state index is 13.2. The fourth-order valence-corrected chi connectivity index (χ4v) is 4.53. The van der Waals surface area contributed by atoms with Crippen LogP contribution in [0.2, 0.25) is 0 Å². The molecule has 0 aromatic heterocycles. The van der Waals surface area contributed by atoms with Crippen molar-refractivity contribution in [3.8, 4) is 11.5 Å². The van der Waals surface area contributed by atoms with Crippen LogP contribution in [0.5, 0.6) is 11.5 Å². The summed E-state index contributed by atoms with van der Waals surface area (Å²) in [5, 5.41) is 2.77. The van der Waals surface area contributed by atoms with Gasteiger partial charge in [-0.3, -0.25) is 4.79 Å².